The third kappa shape index (κ3) is 1.82. The van der Waals surface area contributed by atoms with Crippen LogP contribution in [0.2, 0.25) is 0 Å². The molecule has 0 aliphatic heterocycles. The van der Waals surface area contributed by atoms with Crippen LogP contribution in [-0.4, -0.2) is 0 Å². The lowest BCUT2D eigenvalue weighted by atomic mass is 9.92. The zero-order chi connectivity index (χ0) is 18.1. The molecule has 0 fully saturated rings. The van der Waals surface area contributed by atoms with Crippen LogP contribution in [0.25, 0.3) is 54.4 Å². The first-order chi connectivity index (χ1) is 13.2. The molecule has 0 bridgehead atoms. The second kappa shape index (κ2) is 5.08. The summed E-state index contributed by atoms with van der Waals surface area (Å²) in [5, 5.41) is 8.82. The Bertz CT molecular complexity index is 1540. The van der Waals surface area contributed by atoms with E-state index >= 15 is 0 Å². The average Bonchev–Trinajstić information content (AvgIpc) is 3.07. The third-order valence-electron chi connectivity index (χ3n) is 5.84. The molecule has 0 radical (unpaired) electrons. The largest absolute Gasteiger partial charge is 0.456 e. The van der Waals surface area contributed by atoms with Crippen LogP contribution < -0.4 is 4.57 Å². The van der Waals surface area contributed by atoms with Crippen molar-refractivity contribution in [3.05, 3.63) is 78.5 Å². The summed E-state index contributed by atoms with van der Waals surface area (Å²) < 4.78 is 8.47. The highest BCUT2D eigenvalue weighted by Gasteiger charge is 2.20. The highest BCUT2D eigenvalue weighted by atomic mass is 16.3. The van der Waals surface area contributed by atoms with Gasteiger partial charge >= 0.3 is 0 Å². The molecule has 4 aromatic carbocycles. The van der Waals surface area contributed by atoms with Crippen molar-refractivity contribution in [2.45, 2.75) is 6.92 Å². The zero-order valence-corrected chi connectivity index (χ0v) is 15.3. The van der Waals surface area contributed by atoms with E-state index in [4.69, 9.17) is 4.42 Å². The van der Waals surface area contributed by atoms with Crippen molar-refractivity contribution in [2.24, 2.45) is 7.05 Å². The number of benzene rings is 4. The molecular weight excluding hydrogens is 330 g/mol. The van der Waals surface area contributed by atoms with Gasteiger partial charge in [0.2, 0.25) is 5.52 Å². The van der Waals surface area contributed by atoms with E-state index in [1.54, 1.807) is 0 Å². The van der Waals surface area contributed by atoms with Crippen LogP contribution in [0.4, 0.5) is 0 Å². The lowest BCUT2D eigenvalue weighted by Gasteiger charge is -2.11. The Hall–Kier alpha value is -3.39. The topological polar surface area (TPSA) is 17.0 Å². The molecule has 2 heteroatoms. The van der Waals surface area contributed by atoms with Crippen molar-refractivity contribution < 1.29 is 8.98 Å². The summed E-state index contributed by atoms with van der Waals surface area (Å²) in [6, 6.07) is 23.6. The summed E-state index contributed by atoms with van der Waals surface area (Å²) in [7, 11) is 2.13. The minimum absolute atomic E-state index is 0.948. The summed E-state index contributed by atoms with van der Waals surface area (Å²) in [4.78, 5) is 0. The maximum Gasteiger partial charge on any atom is 0.221 e. The number of furan rings is 1. The van der Waals surface area contributed by atoms with Crippen molar-refractivity contribution in [1.29, 1.82) is 0 Å². The normalized spacial score (nSPS) is 12.1. The van der Waals surface area contributed by atoms with Gasteiger partial charge in [-0.1, -0.05) is 42.5 Å². The minimum Gasteiger partial charge on any atom is -0.456 e. The maximum atomic E-state index is 6.23. The molecule has 0 saturated carbocycles. The lowest BCUT2D eigenvalue weighted by Crippen LogP contribution is -2.28. The first-order valence-corrected chi connectivity index (χ1v) is 9.27. The molecule has 2 heterocycles. The Morgan fingerprint density at radius 3 is 2.15 bits per heavy atom. The van der Waals surface area contributed by atoms with Crippen molar-refractivity contribution in [3.8, 4) is 0 Å². The van der Waals surface area contributed by atoms with Gasteiger partial charge in [0.25, 0.3) is 0 Å². The van der Waals surface area contributed by atoms with Gasteiger partial charge < -0.3 is 4.42 Å². The monoisotopic (exact) mass is 348 g/mol. The smallest absolute Gasteiger partial charge is 0.221 e. The Labute approximate surface area is 156 Å². The third-order valence-corrected chi connectivity index (χ3v) is 5.84. The van der Waals surface area contributed by atoms with Gasteiger partial charge in [0, 0.05) is 22.2 Å². The van der Waals surface area contributed by atoms with Crippen LogP contribution in [0.15, 0.2) is 77.3 Å². The fourth-order valence-electron chi connectivity index (χ4n) is 4.69. The molecular formula is C25H18NO+. The Kier molecular flexibility index (Phi) is 2.77. The fourth-order valence-corrected chi connectivity index (χ4v) is 4.69. The van der Waals surface area contributed by atoms with Gasteiger partial charge in [-0.05, 0) is 41.5 Å². The molecule has 2 nitrogen and oxygen atoms in total. The van der Waals surface area contributed by atoms with Crippen molar-refractivity contribution in [3.63, 3.8) is 0 Å². The van der Waals surface area contributed by atoms with Crippen molar-refractivity contribution >= 4 is 54.4 Å². The van der Waals surface area contributed by atoms with Gasteiger partial charge in [0.05, 0.1) is 10.8 Å². The molecule has 0 unspecified atom stereocenters. The molecule has 0 atom stereocenters. The predicted molar refractivity (Wildman–Crippen MR) is 112 cm³/mol. The highest BCUT2D eigenvalue weighted by Crippen LogP contribution is 2.41. The first kappa shape index (κ1) is 14.7. The van der Waals surface area contributed by atoms with E-state index in [0.29, 0.717) is 0 Å². The minimum atomic E-state index is 0.948. The van der Waals surface area contributed by atoms with E-state index in [-0.39, 0.29) is 0 Å². The average molecular weight is 348 g/mol. The summed E-state index contributed by atoms with van der Waals surface area (Å²) in [5.74, 6) is 0. The highest BCUT2D eigenvalue weighted by molar-refractivity contribution is 6.28. The van der Waals surface area contributed by atoms with E-state index in [1.165, 1.54) is 48.8 Å². The van der Waals surface area contributed by atoms with Gasteiger partial charge in [0.1, 0.15) is 18.2 Å². The van der Waals surface area contributed by atoms with Crippen LogP contribution in [0.1, 0.15) is 5.56 Å². The summed E-state index contributed by atoms with van der Waals surface area (Å²) in [6.45, 7) is 2.23. The van der Waals surface area contributed by atoms with E-state index in [0.717, 1.165) is 11.2 Å². The van der Waals surface area contributed by atoms with E-state index in [9.17, 15) is 0 Å². The second-order valence-electron chi connectivity index (χ2n) is 7.32. The molecule has 0 aliphatic carbocycles. The SMILES string of the molecule is Cc1c2c(cc3c4ccccc4c4ccc[n+](C)c4c13)oc1ccccc12. The molecule has 2 aromatic heterocycles. The predicted octanol–water partition coefficient (Wildman–Crippen LogP) is 6.18. The molecule has 27 heavy (non-hydrogen) atoms. The van der Waals surface area contributed by atoms with Crippen molar-refractivity contribution in [1.82, 2.24) is 0 Å². The number of nitrogens with zero attached hydrogens (tertiary/aromatic N) is 1. The van der Waals surface area contributed by atoms with Crippen LogP contribution in [0.5, 0.6) is 0 Å². The number of rotatable bonds is 0. The maximum absolute atomic E-state index is 6.23. The number of aromatic nitrogens is 1. The first-order valence-electron chi connectivity index (χ1n) is 9.27. The van der Waals surface area contributed by atoms with E-state index < -0.39 is 0 Å². The number of hydrogen-bond donors (Lipinski definition) is 0. The summed E-state index contributed by atoms with van der Waals surface area (Å²) in [5.41, 5.74) is 4.47. The Morgan fingerprint density at radius 2 is 1.33 bits per heavy atom. The van der Waals surface area contributed by atoms with Crippen LogP contribution in [0.3, 0.4) is 0 Å². The molecule has 128 valence electrons. The molecule has 6 aromatic rings. The Balaban J connectivity index is 2.03. The Morgan fingerprint density at radius 1 is 0.667 bits per heavy atom. The number of pyridine rings is 1. The lowest BCUT2D eigenvalue weighted by molar-refractivity contribution is -0.644. The molecule has 6 rings (SSSR count). The molecule has 0 spiro atoms. The number of aryl methyl sites for hydroxylation is 2. The number of fused-ring (bicyclic) bond motifs is 9. The van der Waals surface area contributed by atoms with Gasteiger partial charge in [-0.15, -0.1) is 0 Å². The standard InChI is InChI=1S/C25H18NO/c1-15-23-19-10-5-6-12-21(19)27-22(23)14-20-17-9-4-3-8-16(17)18-11-7-13-26(2)25(18)24(15)20/h3-14H,1-2H3/q+1. The molecule has 0 saturated heterocycles. The molecule has 0 aliphatic rings. The van der Waals surface area contributed by atoms with Crippen LogP contribution in [0, 0.1) is 6.92 Å². The second-order valence-corrected chi connectivity index (χ2v) is 7.32. The summed E-state index contributed by atoms with van der Waals surface area (Å²) in [6.07, 6.45) is 2.13. The van der Waals surface area contributed by atoms with Crippen molar-refractivity contribution in [2.75, 3.05) is 0 Å². The summed E-state index contributed by atoms with van der Waals surface area (Å²) >= 11 is 0. The number of para-hydroxylation sites is 1. The number of hydrogen-bond acceptors (Lipinski definition) is 1. The molecule has 0 N–H and O–H groups in total. The van der Waals surface area contributed by atoms with Gasteiger partial charge in [-0.3, -0.25) is 0 Å². The quantitative estimate of drug-likeness (QED) is 0.237. The molecule has 0 amide bonds. The van der Waals surface area contributed by atoms with Gasteiger partial charge in [0.15, 0.2) is 6.20 Å². The van der Waals surface area contributed by atoms with Crippen LogP contribution in [-0.2, 0) is 7.05 Å². The van der Waals surface area contributed by atoms with E-state index in [1.807, 2.05) is 6.07 Å². The van der Waals surface area contributed by atoms with Crippen LogP contribution >= 0.6 is 0 Å². The fraction of sp³-hybridized carbons (Fsp3) is 0.0800. The zero-order valence-electron chi connectivity index (χ0n) is 15.3. The van der Waals surface area contributed by atoms with E-state index in [2.05, 4.69) is 85.4 Å². The van der Waals surface area contributed by atoms with Gasteiger partial charge in [-0.2, -0.15) is 0 Å². The van der Waals surface area contributed by atoms with Gasteiger partial charge in [-0.25, -0.2) is 4.57 Å².